The lowest BCUT2D eigenvalue weighted by atomic mass is 10.3. The first-order valence-corrected chi connectivity index (χ1v) is 8.06. The molecular weight excluding hydrogens is 282 g/mol. The number of hydrogen-bond acceptors (Lipinski definition) is 5. The Morgan fingerprint density at radius 1 is 1.35 bits per heavy atom. The molecule has 1 heterocycles. The molecule has 0 saturated heterocycles. The lowest BCUT2D eigenvalue weighted by molar-refractivity contribution is 0.0919. The first kappa shape index (κ1) is 16.7. The maximum absolute atomic E-state index is 11.7. The fraction of sp³-hybridized carbons (Fsp3) is 0.583. The van der Waals surface area contributed by atoms with Gasteiger partial charge in [0.05, 0.1) is 0 Å². The van der Waals surface area contributed by atoms with E-state index in [0.717, 1.165) is 26.1 Å². The number of hydrogen-bond donors (Lipinski definition) is 2. The Balaban J connectivity index is 2.42. The van der Waals surface area contributed by atoms with Crippen molar-refractivity contribution in [2.75, 3.05) is 26.2 Å². The molecule has 0 aliphatic heterocycles. The Kier molecular flexibility index (Phi) is 6.18. The molecule has 0 bridgehead atoms. The van der Waals surface area contributed by atoms with Gasteiger partial charge in [0.25, 0.3) is 15.9 Å². The van der Waals surface area contributed by atoms with Crippen LogP contribution in [0, 0.1) is 0 Å². The van der Waals surface area contributed by atoms with Gasteiger partial charge in [-0.3, -0.25) is 4.79 Å². The molecule has 3 N–H and O–H groups in total. The SMILES string of the molecule is CCN(CC)CCCNC(=O)c1ccc(S(N)(=O)=O)o1. The Labute approximate surface area is 119 Å². The minimum absolute atomic E-state index is 0.0585. The number of sulfonamides is 1. The first-order valence-electron chi connectivity index (χ1n) is 6.51. The minimum atomic E-state index is -3.91. The van der Waals surface area contributed by atoms with Crippen LogP contribution in [0.1, 0.15) is 30.8 Å². The standard InChI is InChI=1S/C12H21N3O4S/c1-3-15(4-2)9-5-8-14-12(16)10-6-7-11(19-10)20(13,17)18/h6-7H,3-5,8-9H2,1-2H3,(H,14,16)(H2,13,17,18). The number of rotatable bonds is 8. The molecule has 0 atom stereocenters. The number of furan rings is 1. The van der Waals surface area contributed by atoms with Gasteiger partial charge < -0.3 is 14.6 Å². The smallest absolute Gasteiger partial charge is 0.287 e. The quantitative estimate of drug-likeness (QED) is 0.676. The zero-order valence-corrected chi connectivity index (χ0v) is 12.6. The van der Waals surface area contributed by atoms with E-state index in [1.807, 2.05) is 0 Å². The summed E-state index contributed by atoms with van der Waals surface area (Å²) in [5, 5.41) is 7.16. The predicted octanol–water partition coefficient (Wildman–Crippen LogP) is 0.389. The number of carbonyl (C=O) groups excluding carboxylic acids is 1. The van der Waals surface area contributed by atoms with E-state index in [0.29, 0.717) is 6.54 Å². The van der Waals surface area contributed by atoms with Crippen LogP contribution in [0.4, 0.5) is 0 Å². The average molecular weight is 303 g/mol. The predicted molar refractivity (Wildman–Crippen MR) is 74.8 cm³/mol. The summed E-state index contributed by atoms with van der Waals surface area (Å²) >= 11 is 0. The van der Waals surface area contributed by atoms with Crippen molar-refractivity contribution in [3.05, 3.63) is 17.9 Å². The van der Waals surface area contributed by atoms with Gasteiger partial charge in [-0.25, -0.2) is 13.6 Å². The van der Waals surface area contributed by atoms with Crippen molar-refractivity contribution in [3.63, 3.8) is 0 Å². The summed E-state index contributed by atoms with van der Waals surface area (Å²) in [6.45, 7) is 7.51. The second-order valence-electron chi connectivity index (χ2n) is 4.30. The lowest BCUT2D eigenvalue weighted by Crippen LogP contribution is -2.29. The highest BCUT2D eigenvalue weighted by Gasteiger charge is 2.17. The maximum atomic E-state index is 11.7. The summed E-state index contributed by atoms with van der Waals surface area (Å²) in [6.07, 6.45) is 0.816. The minimum Gasteiger partial charge on any atom is -0.438 e. The van der Waals surface area contributed by atoms with Gasteiger partial charge in [-0.15, -0.1) is 0 Å². The van der Waals surface area contributed by atoms with Crippen LogP contribution in [-0.2, 0) is 10.0 Å². The molecule has 1 amide bonds. The molecule has 0 aliphatic rings. The molecule has 114 valence electrons. The number of primary sulfonamides is 1. The van der Waals surface area contributed by atoms with Gasteiger partial charge in [-0.2, -0.15) is 0 Å². The van der Waals surface area contributed by atoms with Gasteiger partial charge in [-0.1, -0.05) is 13.8 Å². The lowest BCUT2D eigenvalue weighted by Gasteiger charge is -2.17. The topological polar surface area (TPSA) is 106 Å². The first-order chi connectivity index (χ1) is 9.38. The van der Waals surface area contributed by atoms with Gasteiger partial charge >= 0.3 is 0 Å². The van der Waals surface area contributed by atoms with E-state index in [-0.39, 0.29) is 5.76 Å². The zero-order chi connectivity index (χ0) is 15.2. The van der Waals surface area contributed by atoms with Crippen LogP contribution in [0.25, 0.3) is 0 Å². The molecule has 20 heavy (non-hydrogen) atoms. The van der Waals surface area contributed by atoms with Gasteiger partial charge in [0.2, 0.25) is 5.09 Å². The third-order valence-electron chi connectivity index (χ3n) is 2.92. The van der Waals surface area contributed by atoms with E-state index < -0.39 is 21.0 Å². The van der Waals surface area contributed by atoms with Crippen molar-refractivity contribution in [2.45, 2.75) is 25.4 Å². The summed E-state index contributed by atoms with van der Waals surface area (Å²) in [6, 6.07) is 2.46. The molecule has 0 unspecified atom stereocenters. The van der Waals surface area contributed by atoms with Crippen molar-refractivity contribution in [2.24, 2.45) is 5.14 Å². The monoisotopic (exact) mass is 303 g/mol. The average Bonchev–Trinajstić information content (AvgIpc) is 2.88. The highest BCUT2D eigenvalue weighted by molar-refractivity contribution is 7.89. The molecule has 1 aromatic heterocycles. The van der Waals surface area contributed by atoms with Crippen LogP contribution >= 0.6 is 0 Å². The maximum Gasteiger partial charge on any atom is 0.287 e. The van der Waals surface area contributed by atoms with E-state index in [9.17, 15) is 13.2 Å². The Hall–Kier alpha value is -1.38. The second-order valence-corrected chi connectivity index (χ2v) is 5.79. The van der Waals surface area contributed by atoms with Gasteiger partial charge in [0.15, 0.2) is 5.76 Å². The zero-order valence-electron chi connectivity index (χ0n) is 11.8. The molecule has 0 aromatic carbocycles. The van der Waals surface area contributed by atoms with Crippen LogP contribution < -0.4 is 10.5 Å². The summed E-state index contributed by atoms with van der Waals surface area (Å²) < 4.78 is 26.9. The highest BCUT2D eigenvalue weighted by Crippen LogP contribution is 2.11. The third kappa shape index (κ3) is 4.95. The van der Waals surface area contributed by atoms with E-state index in [1.54, 1.807) is 0 Å². The van der Waals surface area contributed by atoms with Gasteiger partial charge in [0, 0.05) is 6.54 Å². The van der Waals surface area contributed by atoms with Crippen molar-refractivity contribution in [1.29, 1.82) is 0 Å². The molecule has 0 fully saturated rings. The Morgan fingerprint density at radius 3 is 2.50 bits per heavy atom. The molecule has 0 saturated carbocycles. The molecule has 1 rings (SSSR count). The molecular formula is C12H21N3O4S. The van der Waals surface area contributed by atoms with Crippen molar-refractivity contribution >= 4 is 15.9 Å². The summed E-state index contributed by atoms with van der Waals surface area (Å²) in [4.78, 5) is 14.0. The van der Waals surface area contributed by atoms with Gasteiger partial charge in [-0.05, 0) is 38.2 Å². The van der Waals surface area contributed by atoms with Crippen LogP contribution in [0.5, 0.6) is 0 Å². The summed E-state index contributed by atoms with van der Waals surface area (Å²) in [7, 11) is -3.91. The summed E-state index contributed by atoms with van der Waals surface area (Å²) in [5.74, 6) is -0.503. The van der Waals surface area contributed by atoms with Crippen molar-refractivity contribution < 1.29 is 17.6 Å². The van der Waals surface area contributed by atoms with E-state index in [2.05, 4.69) is 24.1 Å². The number of carbonyl (C=O) groups is 1. The normalized spacial score (nSPS) is 11.8. The molecule has 7 nitrogen and oxygen atoms in total. The fourth-order valence-electron chi connectivity index (χ4n) is 1.73. The molecule has 1 aromatic rings. The van der Waals surface area contributed by atoms with Crippen LogP contribution in [0.3, 0.4) is 0 Å². The Morgan fingerprint density at radius 2 is 2.00 bits per heavy atom. The number of amides is 1. The van der Waals surface area contributed by atoms with E-state index >= 15 is 0 Å². The number of nitrogens with two attached hydrogens (primary N) is 1. The fourth-order valence-corrected chi connectivity index (χ4v) is 2.19. The van der Waals surface area contributed by atoms with Gasteiger partial charge in [0.1, 0.15) is 0 Å². The number of nitrogens with zero attached hydrogens (tertiary/aromatic N) is 1. The summed E-state index contributed by atoms with van der Waals surface area (Å²) in [5.41, 5.74) is 0. The van der Waals surface area contributed by atoms with Crippen LogP contribution in [0.15, 0.2) is 21.6 Å². The van der Waals surface area contributed by atoms with E-state index in [4.69, 9.17) is 9.56 Å². The van der Waals surface area contributed by atoms with Crippen molar-refractivity contribution in [1.82, 2.24) is 10.2 Å². The molecule has 8 heteroatoms. The largest absolute Gasteiger partial charge is 0.438 e. The van der Waals surface area contributed by atoms with E-state index in [1.165, 1.54) is 12.1 Å². The van der Waals surface area contributed by atoms with Crippen LogP contribution in [-0.4, -0.2) is 45.4 Å². The highest BCUT2D eigenvalue weighted by atomic mass is 32.2. The molecule has 0 aliphatic carbocycles. The second kappa shape index (κ2) is 7.41. The van der Waals surface area contributed by atoms with Crippen LogP contribution in [0.2, 0.25) is 0 Å². The Bertz CT molecular complexity index is 535. The van der Waals surface area contributed by atoms with Crippen molar-refractivity contribution in [3.8, 4) is 0 Å². The molecule has 0 radical (unpaired) electrons. The molecule has 0 spiro atoms. The third-order valence-corrected chi connectivity index (χ3v) is 3.70. The number of nitrogens with one attached hydrogen (secondary N) is 1.